The Kier molecular flexibility index (Phi) is 6.38. The summed E-state index contributed by atoms with van der Waals surface area (Å²) in [5, 5.41) is 0.587. The molecule has 0 saturated carbocycles. The largest absolute Gasteiger partial charge is 0.464 e. The van der Waals surface area contributed by atoms with Gasteiger partial charge in [-0.2, -0.15) is 0 Å². The topological polar surface area (TPSA) is 82.3 Å². The van der Waals surface area contributed by atoms with E-state index in [1.165, 1.54) is 24.1 Å². The van der Waals surface area contributed by atoms with Gasteiger partial charge in [0.15, 0.2) is 5.16 Å². The van der Waals surface area contributed by atoms with Crippen LogP contribution in [0.5, 0.6) is 5.75 Å². The lowest BCUT2D eigenvalue weighted by molar-refractivity contribution is -0.136. The first-order valence-electron chi connectivity index (χ1n) is 8.45. The third-order valence-electron chi connectivity index (χ3n) is 3.84. The number of hydrogen-bond acceptors (Lipinski definition) is 7. The van der Waals surface area contributed by atoms with Crippen molar-refractivity contribution in [2.24, 2.45) is 0 Å². The van der Waals surface area contributed by atoms with Crippen molar-refractivity contribution in [2.75, 3.05) is 0 Å². The first-order valence-corrected chi connectivity index (χ1v) is 9.44. The number of thioether (sulfide) groups is 1. The van der Waals surface area contributed by atoms with Crippen LogP contribution in [0.3, 0.4) is 0 Å². The Morgan fingerprint density at radius 2 is 1.93 bits per heavy atom. The fraction of sp³-hybridized carbons (Fsp3) is 0.200. The van der Waals surface area contributed by atoms with Crippen LogP contribution in [-0.2, 0) is 10.5 Å². The molecule has 0 spiro atoms. The molecule has 27 heavy (non-hydrogen) atoms. The Hall–Kier alpha value is -2.93. The van der Waals surface area contributed by atoms with Crippen LogP contribution in [0, 0.1) is 0 Å². The van der Waals surface area contributed by atoms with E-state index < -0.39 is 17.3 Å². The molecule has 3 rings (SSSR count). The molecule has 7 heteroatoms. The van der Waals surface area contributed by atoms with Gasteiger partial charge in [0.25, 0.3) is 0 Å². The molecule has 2 aromatic heterocycles. The quantitative estimate of drug-likeness (QED) is 0.349. The van der Waals surface area contributed by atoms with Gasteiger partial charge in [-0.1, -0.05) is 49.0 Å². The maximum absolute atomic E-state index is 12.5. The number of carbonyl (C=O) groups excluding carboxylic acids is 1. The van der Waals surface area contributed by atoms with Crippen LogP contribution in [0.2, 0.25) is 0 Å². The van der Waals surface area contributed by atoms with E-state index in [1.807, 2.05) is 37.3 Å². The molecular formula is C20H18N2O4S. The van der Waals surface area contributed by atoms with Gasteiger partial charge in [-0.05, 0) is 18.1 Å². The number of benzene rings is 1. The van der Waals surface area contributed by atoms with Gasteiger partial charge >= 0.3 is 5.97 Å². The lowest BCUT2D eigenvalue weighted by Crippen LogP contribution is -2.21. The second-order valence-corrected chi connectivity index (χ2v) is 6.63. The summed E-state index contributed by atoms with van der Waals surface area (Å²) >= 11 is 1.35. The summed E-state index contributed by atoms with van der Waals surface area (Å²) in [6.45, 7) is 1.90. The van der Waals surface area contributed by atoms with Crippen molar-refractivity contribution in [1.29, 1.82) is 0 Å². The molecule has 0 amide bonds. The van der Waals surface area contributed by atoms with E-state index in [2.05, 4.69) is 9.97 Å². The fourth-order valence-electron chi connectivity index (χ4n) is 2.49. The van der Waals surface area contributed by atoms with Gasteiger partial charge < -0.3 is 9.15 Å². The van der Waals surface area contributed by atoms with Crippen molar-refractivity contribution >= 4 is 17.7 Å². The molecule has 0 aliphatic carbocycles. The number of carbonyl (C=O) groups is 1. The summed E-state index contributed by atoms with van der Waals surface area (Å²) in [5.74, 6) is -0.173. The summed E-state index contributed by atoms with van der Waals surface area (Å²) < 4.78 is 10.7. The molecule has 138 valence electrons. The average Bonchev–Trinajstić information content (AvgIpc) is 2.70. The summed E-state index contributed by atoms with van der Waals surface area (Å²) in [6, 6.07) is 12.4. The summed E-state index contributed by atoms with van der Waals surface area (Å²) in [4.78, 5) is 32.9. The van der Waals surface area contributed by atoms with E-state index in [-0.39, 0.29) is 5.75 Å². The molecule has 1 unspecified atom stereocenters. The monoisotopic (exact) mass is 382 g/mol. The summed E-state index contributed by atoms with van der Waals surface area (Å²) in [6.07, 6.45) is 5.04. The molecule has 6 nitrogen and oxygen atoms in total. The molecule has 2 heterocycles. The maximum atomic E-state index is 12.5. The highest BCUT2D eigenvalue weighted by Gasteiger charge is 2.22. The van der Waals surface area contributed by atoms with E-state index in [9.17, 15) is 9.59 Å². The van der Waals surface area contributed by atoms with Crippen molar-refractivity contribution in [3.8, 4) is 5.75 Å². The van der Waals surface area contributed by atoms with Crippen molar-refractivity contribution < 1.29 is 13.9 Å². The lowest BCUT2D eigenvalue weighted by Gasteiger charge is -2.13. The highest BCUT2D eigenvalue weighted by molar-refractivity contribution is 7.98. The number of rotatable bonds is 7. The SMILES string of the molecule is CCC(C(=O)Oc1coc(CSc2ncccn2)cc1=O)c1ccccc1. The Labute approximate surface area is 160 Å². The first-order chi connectivity index (χ1) is 13.2. The highest BCUT2D eigenvalue weighted by Crippen LogP contribution is 2.22. The highest BCUT2D eigenvalue weighted by atomic mass is 32.2. The van der Waals surface area contributed by atoms with E-state index in [1.54, 1.807) is 18.5 Å². The smallest absolute Gasteiger partial charge is 0.319 e. The minimum Gasteiger partial charge on any atom is -0.464 e. The number of aromatic nitrogens is 2. The molecule has 3 aromatic rings. The standard InChI is InChI=1S/C20H18N2O4S/c1-2-16(14-7-4-3-5-8-14)19(24)26-18-12-25-15(11-17(18)23)13-27-20-21-9-6-10-22-20/h3-12,16H,2,13H2,1H3. The van der Waals surface area contributed by atoms with E-state index in [0.29, 0.717) is 23.1 Å². The van der Waals surface area contributed by atoms with Crippen LogP contribution in [-0.4, -0.2) is 15.9 Å². The van der Waals surface area contributed by atoms with Crippen LogP contribution in [0.4, 0.5) is 0 Å². The van der Waals surface area contributed by atoms with Gasteiger partial charge in [0, 0.05) is 18.5 Å². The first kappa shape index (κ1) is 18.8. The molecule has 0 aliphatic rings. The predicted octanol–water partition coefficient (Wildman–Crippen LogP) is 3.82. The normalized spacial score (nSPS) is 11.7. The summed E-state index contributed by atoms with van der Waals surface area (Å²) in [7, 11) is 0. The third-order valence-corrected chi connectivity index (χ3v) is 4.74. The lowest BCUT2D eigenvalue weighted by atomic mass is 9.97. The third kappa shape index (κ3) is 5.04. The van der Waals surface area contributed by atoms with Gasteiger partial charge in [0.2, 0.25) is 11.2 Å². The molecule has 0 aliphatic heterocycles. The number of hydrogen-bond donors (Lipinski definition) is 0. The zero-order chi connectivity index (χ0) is 19.1. The van der Waals surface area contributed by atoms with Crippen LogP contribution in [0.15, 0.2) is 75.5 Å². The molecule has 0 radical (unpaired) electrons. The van der Waals surface area contributed by atoms with Crippen molar-refractivity contribution in [1.82, 2.24) is 9.97 Å². The second-order valence-electron chi connectivity index (χ2n) is 5.69. The van der Waals surface area contributed by atoms with Crippen molar-refractivity contribution in [3.63, 3.8) is 0 Å². The molecule has 0 bridgehead atoms. The molecule has 0 fully saturated rings. The number of nitrogens with zero attached hydrogens (tertiary/aromatic N) is 2. The van der Waals surface area contributed by atoms with Gasteiger partial charge in [-0.3, -0.25) is 9.59 Å². The Bertz CT molecular complexity index is 945. The van der Waals surface area contributed by atoms with E-state index in [0.717, 1.165) is 5.56 Å². The van der Waals surface area contributed by atoms with Gasteiger partial charge in [-0.15, -0.1) is 0 Å². The molecular weight excluding hydrogens is 364 g/mol. The zero-order valence-electron chi connectivity index (χ0n) is 14.7. The molecule has 0 saturated heterocycles. The minimum absolute atomic E-state index is 0.112. The zero-order valence-corrected chi connectivity index (χ0v) is 15.5. The minimum atomic E-state index is -0.476. The Morgan fingerprint density at radius 1 is 1.19 bits per heavy atom. The van der Waals surface area contributed by atoms with Crippen molar-refractivity contribution in [2.45, 2.75) is 30.2 Å². The summed E-state index contributed by atoms with van der Waals surface area (Å²) in [5.41, 5.74) is 0.451. The van der Waals surface area contributed by atoms with Crippen LogP contribution in [0.25, 0.3) is 0 Å². The number of ether oxygens (including phenoxy) is 1. The van der Waals surface area contributed by atoms with Crippen LogP contribution >= 0.6 is 11.8 Å². The number of esters is 1. The molecule has 1 aromatic carbocycles. The van der Waals surface area contributed by atoms with E-state index in [4.69, 9.17) is 9.15 Å². The average molecular weight is 382 g/mol. The van der Waals surface area contributed by atoms with Crippen LogP contribution < -0.4 is 10.2 Å². The van der Waals surface area contributed by atoms with Crippen molar-refractivity contribution in [3.05, 3.63) is 82.7 Å². The predicted molar refractivity (Wildman–Crippen MR) is 102 cm³/mol. The Morgan fingerprint density at radius 3 is 2.59 bits per heavy atom. The second kappa shape index (κ2) is 9.14. The fourth-order valence-corrected chi connectivity index (χ4v) is 3.18. The van der Waals surface area contributed by atoms with E-state index >= 15 is 0 Å². The Balaban J connectivity index is 1.67. The van der Waals surface area contributed by atoms with Gasteiger partial charge in [-0.25, -0.2) is 9.97 Å². The van der Waals surface area contributed by atoms with Gasteiger partial charge in [0.05, 0.1) is 11.7 Å². The van der Waals surface area contributed by atoms with Crippen LogP contribution in [0.1, 0.15) is 30.6 Å². The molecule has 0 N–H and O–H groups in total. The van der Waals surface area contributed by atoms with Gasteiger partial charge in [0.1, 0.15) is 12.0 Å². The molecule has 1 atom stereocenters. The maximum Gasteiger partial charge on any atom is 0.319 e.